The van der Waals surface area contributed by atoms with Crippen LogP contribution >= 0.6 is 11.3 Å². The lowest BCUT2D eigenvalue weighted by atomic mass is 9.89. The minimum atomic E-state index is -4.62. The molecule has 0 radical (unpaired) electrons. The van der Waals surface area contributed by atoms with E-state index in [9.17, 15) is 22.8 Å². The average molecular weight is 529 g/mol. The fraction of sp³-hybridized carbons (Fsp3) is 0.269. The van der Waals surface area contributed by atoms with Gasteiger partial charge >= 0.3 is 6.18 Å². The van der Waals surface area contributed by atoms with Crippen molar-refractivity contribution in [3.05, 3.63) is 82.6 Å². The molecule has 11 heteroatoms. The largest absolute Gasteiger partial charge is 0.418 e. The number of aryl methyl sites for hydroxylation is 1. The number of anilines is 1. The van der Waals surface area contributed by atoms with Gasteiger partial charge in [-0.2, -0.15) is 13.2 Å². The molecule has 0 spiro atoms. The third-order valence-electron chi connectivity index (χ3n) is 6.42. The monoisotopic (exact) mass is 528 g/mol. The molecule has 37 heavy (non-hydrogen) atoms. The van der Waals surface area contributed by atoms with Crippen molar-refractivity contribution in [1.82, 2.24) is 14.6 Å². The number of carbonyl (C=O) groups excluding carboxylic acids is 2. The lowest BCUT2D eigenvalue weighted by Gasteiger charge is -2.31. The lowest BCUT2D eigenvalue weighted by Crippen LogP contribution is -2.38. The molecule has 2 amide bonds. The summed E-state index contributed by atoms with van der Waals surface area (Å²) in [5.41, 5.74) is 0.340. The fourth-order valence-corrected chi connectivity index (χ4v) is 5.19. The van der Waals surface area contributed by atoms with Crippen molar-refractivity contribution in [2.45, 2.75) is 24.9 Å². The molecule has 4 aromatic rings. The van der Waals surface area contributed by atoms with Crippen LogP contribution in [0.3, 0.4) is 0 Å². The van der Waals surface area contributed by atoms with Crippen molar-refractivity contribution >= 4 is 28.8 Å². The van der Waals surface area contributed by atoms with Crippen LogP contribution in [0.5, 0.6) is 0 Å². The minimum Gasteiger partial charge on any atom is -0.356 e. The SMILES string of the molecule is Cn1cc(C(=O)Nc2ccc(C3CCN(C(=O)c4cc(-c5cccs5)on4)CC3)cc2)c(C(F)(F)F)c1. The Labute approximate surface area is 214 Å². The molecule has 3 aromatic heterocycles. The van der Waals surface area contributed by atoms with Crippen LogP contribution in [0.1, 0.15) is 50.7 Å². The zero-order valence-corrected chi connectivity index (χ0v) is 20.6. The summed E-state index contributed by atoms with van der Waals surface area (Å²) in [6.45, 7) is 1.13. The van der Waals surface area contributed by atoms with E-state index >= 15 is 0 Å². The Hall–Kier alpha value is -3.86. The van der Waals surface area contributed by atoms with Gasteiger partial charge in [0, 0.05) is 44.3 Å². The number of hydrogen-bond donors (Lipinski definition) is 1. The number of hydrogen-bond acceptors (Lipinski definition) is 5. The molecule has 0 unspecified atom stereocenters. The van der Waals surface area contributed by atoms with E-state index in [-0.39, 0.29) is 17.5 Å². The van der Waals surface area contributed by atoms with Crippen LogP contribution in [-0.2, 0) is 13.2 Å². The first kappa shape index (κ1) is 24.8. The molecule has 1 aromatic carbocycles. The zero-order chi connectivity index (χ0) is 26.2. The van der Waals surface area contributed by atoms with E-state index in [1.54, 1.807) is 23.1 Å². The molecule has 192 valence electrons. The van der Waals surface area contributed by atoms with Gasteiger partial charge in [0.2, 0.25) is 0 Å². The summed E-state index contributed by atoms with van der Waals surface area (Å²) in [4.78, 5) is 28.0. The van der Waals surface area contributed by atoms with Gasteiger partial charge in [0.05, 0.1) is 16.0 Å². The highest BCUT2D eigenvalue weighted by atomic mass is 32.1. The molecule has 7 nitrogen and oxygen atoms in total. The molecule has 1 aliphatic rings. The van der Waals surface area contributed by atoms with Gasteiger partial charge in [-0.25, -0.2) is 0 Å². The summed E-state index contributed by atoms with van der Waals surface area (Å²) in [6.07, 6.45) is -1.06. The maximum absolute atomic E-state index is 13.2. The molecular formula is C26H23F3N4O3S. The minimum absolute atomic E-state index is 0.165. The number of thiophene rings is 1. The zero-order valence-electron chi connectivity index (χ0n) is 19.8. The Kier molecular flexibility index (Phi) is 6.63. The second-order valence-electron chi connectivity index (χ2n) is 8.95. The third-order valence-corrected chi connectivity index (χ3v) is 7.31. The number of aromatic nitrogens is 2. The quantitative estimate of drug-likeness (QED) is 0.343. The molecule has 0 saturated carbocycles. The molecule has 0 bridgehead atoms. The van der Waals surface area contributed by atoms with Crippen LogP contribution < -0.4 is 5.32 Å². The highest BCUT2D eigenvalue weighted by Crippen LogP contribution is 2.34. The summed E-state index contributed by atoms with van der Waals surface area (Å²) in [6, 6.07) is 12.6. The number of benzene rings is 1. The van der Waals surface area contributed by atoms with Crippen molar-refractivity contribution in [1.29, 1.82) is 0 Å². The van der Waals surface area contributed by atoms with Gasteiger partial charge in [-0.15, -0.1) is 11.3 Å². The predicted molar refractivity (Wildman–Crippen MR) is 133 cm³/mol. The standard InChI is InChI=1S/C26H23F3N4O3S/c1-32-14-19(20(15-32)26(27,28)29)24(34)30-18-6-4-16(5-7-18)17-8-10-33(11-9-17)25(35)21-13-22(36-31-21)23-3-2-12-37-23/h2-7,12-15,17H,8-11H2,1H3,(H,30,34). The van der Waals surface area contributed by atoms with Crippen molar-refractivity contribution in [3.8, 4) is 10.6 Å². The van der Waals surface area contributed by atoms with Crippen molar-refractivity contribution in [2.75, 3.05) is 18.4 Å². The molecule has 1 saturated heterocycles. The first-order valence-corrected chi connectivity index (χ1v) is 12.5. The van der Waals surface area contributed by atoms with Crippen LogP contribution in [0.4, 0.5) is 18.9 Å². The molecule has 0 aliphatic carbocycles. The summed E-state index contributed by atoms with van der Waals surface area (Å²) in [5.74, 6) is -0.189. The number of nitrogens with zero attached hydrogens (tertiary/aromatic N) is 3. The number of nitrogens with one attached hydrogen (secondary N) is 1. The van der Waals surface area contributed by atoms with Gasteiger partial charge in [0.15, 0.2) is 11.5 Å². The summed E-state index contributed by atoms with van der Waals surface area (Å²) in [5, 5.41) is 8.42. The molecule has 4 heterocycles. The smallest absolute Gasteiger partial charge is 0.356 e. The number of halogens is 3. The molecule has 5 rings (SSSR count). The van der Waals surface area contributed by atoms with E-state index in [0.717, 1.165) is 35.7 Å². The van der Waals surface area contributed by atoms with E-state index in [1.165, 1.54) is 23.0 Å². The van der Waals surface area contributed by atoms with Crippen LogP contribution in [0.15, 0.2) is 64.8 Å². The summed E-state index contributed by atoms with van der Waals surface area (Å²) >= 11 is 1.51. The summed E-state index contributed by atoms with van der Waals surface area (Å²) < 4.78 is 46.2. The Morgan fingerprint density at radius 1 is 1.11 bits per heavy atom. The topological polar surface area (TPSA) is 80.4 Å². The second kappa shape index (κ2) is 9.89. The van der Waals surface area contributed by atoms with Gasteiger partial charge in [0.25, 0.3) is 11.8 Å². The maximum atomic E-state index is 13.2. The lowest BCUT2D eigenvalue weighted by molar-refractivity contribution is -0.137. The van der Waals surface area contributed by atoms with E-state index in [2.05, 4.69) is 10.5 Å². The number of amides is 2. The van der Waals surface area contributed by atoms with E-state index in [4.69, 9.17) is 4.52 Å². The first-order valence-electron chi connectivity index (χ1n) is 11.6. The van der Waals surface area contributed by atoms with Gasteiger partial charge in [-0.05, 0) is 47.9 Å². The van der Waals surface area contributed by atoms with Crippen molar-refractivity contribution in [2.24, 2.45) is 7.05 Å². The first-order chi connectivity index (χ1) is 17.7. The molecule has 0 atom stereocenters. The summed E-state index contributed by atoms with van der Waals surface area (Å²) in [7, 11) is 1.44. The van der Waals surface area contributed by atoms with Crippen LogP contribution in [0.25, 0.3) is 10.6 Å². The van der Waals surface area contributed by atoms with E-state index in [0.29, 0.717) is 24.5 Å². The predicted octanol–water partition coefficient (Wildman–Crippen LogP) is 6.03. The molecule has 1 fully saturated rings. The number of piperidine rings is 1. The Morgan fingerprint density at radius 3 is 2.49 bits per heavy atom. The van der Waals surface area contributed by atoms with E-state index < -0.39 is 23.2 Å². The average Bonchev–Trinajstić information content (AvgIpc) is 3.64. The Morgan fingerprint density at radius 2 is 1.84 bits per heavy atom. The van der Waals surface area contributed by atoms with Crippen LogP contribution in [0, 0.1) is 0 Å². The molecule has 1 aliphatic heterocycles. The van der Waals surface area contributed by atoms with Gasteiger partial charge < -0.3 is 19.3 Å². The maximum Gasteiger partial charge on any atom is 0.418 e. The van der Waals surface area contributed by atoms with Crippen LogP contribution in [-0.4, -0.2) is 39.5 Å². The highest BCUT2D eigenvalue weighted by Gasteiger charge is 2.36. The normalized spacial score (nSPS) is 14.6. The number of carbonyl (C=O) groups is 2. The van der Waals surface area contributed by atoms with E-state index in [1.807, 2.05) is 29.6 Å². The van der Waals surface area contributed by atoms with Crippen molar-refractivity contribution < 1.29 is 27.3 Å². The Bertz CT molecular complexity index is 1400. The van der Waals surface area contributed by atoms with Crippen molar-refractivity contribution in [3.63, 3.8) is 0 Å². The van der Waals surface area contributed by atoms with Gasteiger partial charge in [-0.1, -0.05) is 23.4 Å². The highest BCUT2D eigenvalue weighted by molar-refractivity contribution is 7.13. The third kappa shape index (κ3) is 5.31. The van der Waals surface area contributed by atoms with Gasteiger partial charge in [-0.3, -0.25) is 9.59 Å². The van der Waals surface area contributed by atoms with Gasteiger partial charge in [0.1, 0.15) is 0 Å². The number of alkyl halides is 3. The van der Waals surface area contributed by atoms with Crippen LogP contribution in [0.2, 0.25) is 0 Å². The Balaban J connectivity index is 1.18. The number of rotatable bonds is 5. The molecule has 1 N–H and O–H groups in total. The number of likely N-dealkylation sites (tertiary alicyclic amines) is 1. The molecular weight excluding hydrogens is 505 g/mol. The fourth-order valence-electron chi connectivity index (χ4n) is 4.52. The second-order valence-corrected chi connectivity index (χ2v) is 9.89.